The number of nitrogens with one attached hydrogen (secondary N) is 1. The summed E-state index contributed by atoms with van der Waals surface area (Å²) in [4.78, 5) is 23.7. The number of allylic oxidation sites excluding steroid dienone is 12. The number of ether oxygens (including phenoxy) is 1. The van der Waals surface area contributed by atoms with Crippen LogP contribution >= 0.6 is 0 Å². The summed E-state index contributed by atoms with van der Waals surface area (Å²) < 4.78 is 5.14. The average molecular weight is 440 g/mol. The van der Waals surface area contributed by atoms with Gasteiger partial charge in [-0.3, -0.25) is 4.79 Å². The smallest absolute Gasteiger partial charge is 0.329 e. The Labute approximate surface area is 194 Å². The second-order valence-electron chi connectivity index (χ2n) is 8.00. The zero-order valence-electron chi connectivity index (χ0n) is 20.0. The fourth-order valence-electron chi connectivity index (χ4n) is 3.14. The molecule has 1 rings (SSSR count). The van der Waals surface area contributed by atoms with E-state index in [0.717, 1.165) is 38.5 Å². The van der Waals surface area contributed by atoms with E-state index in [0.29, 0.717) is 12.8 Å². The first-order chi connectivity index (χ1) is 15.6. The molecule has 4 heteroatoms. The van der Waals surface area contributed by atoms with Crippen LogP contribution in [-0.4, -0.2) is 24.0 Å². The minimum atomic E-state index is -0.511. The van der Waals surface area contributed by atoms with Crippen molar-refractivity contribution in [3.8, 4) is 0 Å². The van der Waals surface area contributed by atoms with Crippen molar-refractivity contribution in [3.05, 3.63) is 72.9 Å². The predicted molar refractivity (Wildman–Crippen MR) is 134 cm³/mol. The maximum absolute atomic E-state index is 12.0. The second-order valence-corrected chi connectivity index (χ2v) is 8.00. The first-order valence-corrected chi connectivity index (χ1v) is 12.0. The van der Waals surface area contributed by atoms with Crippen molar-refractivity contribution in [2.24, 2.45) is 5.92 Å². The first kappa shape index (κ1) is 27.4. The predicted octanol–water partition coefficient (Wildman–Crippen LogP) is 6.53. The Balaban J connectivity index is 2.02. The van der Waals surface area contributed by atoms with Gasteiger partial charge in [-0.25, -0.2) is 4.79 Å². The molecule has 32 heavy (non-hydrogen) atoms. The van der Waals surface area contributed by atoms with Crippen LogP contribution in [0.3, 0.4) is 0 Å². The van der Waals surface area contributed by atoms with E-state index in [2.05, 4.69) is 79.1 Å². The van der Waals surface area contributed by atoms with Gasteiger partial charge in [-0.05, 0) is 51.9 Å². The summed E-state index contributed by atoms with van der Waals surface area (Å²) in [7, 11) is 0. The minimum absolute atomic E-state index is 0.0114. The molecule has 0 aromatic carbocycles. The molecule has 1 heterocycles. The Bertz CT molecular complexity index is 712. The molecular weight excluding hydrogens is 398 g/mol. The van der Waals surface area contributed by atoms with E-state index < -0.39 is 6.04 Å². The molecule has 1 N–H and O–H groups in total. The van der Waals surface area contributed by atoms with Gasteiger partial charge in [-0.1, -0.05) is 86.8 Å². The van der Waals surface area contributed by atoms with E-state index in [9.17, 15) is 9.59 Å². The number of hydrogen-bond acceptors (Lipinski definition) is 3. The Morgan fingerprint density at radius 1 is 0.781 bits per heavy atom. The maximum Gasteiger partial charge on any atom is 0.329 e. The van der Waals surface area contributed by atoms with Crippen LogP contribution in [0.1, 0.15) is 72.1 Å². The Morgan fingerprint density at radius 3 is 1.62 bits per heavy atom. The van der Waals surface area contributed by atoms with E-state index in [1.165, 1.54) is 0 Å². The highest BCUT2D eigenvalue weighted by atomic mass is 16.6. The molecular formula is C28H41NO3. The molecule has 0 saturated carbocycles. The number of cyclic esters (lactones) is 1. The van der Waals surface area contributed by atoms with Crippen molar-refractivity contribution < 1.29 is 14.3 Å². The Kier molecular flexibility index (Phi) is 15.4. The quantitative estimate of drug-likeness (QED) is 0.233. The summed E-state index contributed by atoms with van der Waals surface area (Å²) in [6.07, 6.45) is 32.7. The molecule has 0 aromatic rings. The third-order valence-electron chi connectivity index (χ3n) is 5.27. The topological polar surface area (TPSA) is 55.4 Å². The molecule has 0 unspecified atom stereocenters. The van der Waals surface area contributed by atoms with Gasteiger partial charge < -0.3 is 10.1 Å². The highest BCUT2D eigenvalue weighted by molar-refractivity contribution is 5.86. The number of carbonyl (C=O) groups is 2. The summed E-state index contributed by atoms with van der Waals surface area (Å²) in [5.74, 6) is -0.419. The van der Waals surface area contributed by atoms with E-state index in [4.69, 9.17) is 4.74 Å². The molecule has 1 saturated heterocycles. The Hall–Kier alpha value is -2.62. The lowest BCUT2D eigenvalue weighted by Crippen LogP contribution is -2.41. The van der Waals surface area contributed by atoms with Crippen molar-refractivity contribution >= 4 is 11.9 Å². The van der Waals surface area contributed by atoms with E-state index in [-0.39, 0.29) is 23.9 Å². The van der Waals surface area contributed by atoms with Crippen LogP contribution < -0.4 is 5.32 Å². The number of hydrogen-bond donors (Lipinski definition) is 1. The molecule has 1 fully saturated rings. The van der Waals surface area contributed by atoms with Gasteiger partial charge in [0.25, 0.3) is 0 Å². The van der Waals surface area contributed by atoms with Crippen LogP contribution in [0, 0.1) is 5.92 Å². The SMILES string of the molecule is CC/C=C\C/C=C\C/C=C\C/C=C\C/C=C\C/C=C/CCC(=O)N[C@@H]1C(=O)O[C@H](C)[C@H]1C. The summed E-state index contributed by atoms with van der Waals surface area (Å²) in [6, 6.07) is -0.511. The summed E-state index contributed by atoms with van der Waals surface area (Å²) in [6.45, 7) is 5.92. The van der Waals surface area contributed by atoms with Crippen LogP contribution in [0.15, 0.2) is 72.9 Å². The standard InChI is InChI=1S/C28H41NO3/c1-4-5-6-7-8-9-10-11-12-13-14-15-16-17-18-19-20-21-22-23-26(30)29-27-24(2)25(3)32-28(27)31/h5-6,8-9,11-12,14-15,17-18,20-21,24-25,27H,4,7,10,13,16,19,22-23H2,1-3H3,(H,29,30)/b6-5-,9-8-,12-11-,15-14-,18-17-,21-20+/t24-,25-,27+/m1/s1. The van der Waals surface area contributed by atoms with Crippen LogP contribution in [0.25, 0.3) is 0 Å². The van der Waals surface area contributed by atoms with Gasteiger partial charge in [-0.2, -0.15) is 0 Å². The van der Waals surface area contributed by atoms with E-state index >= 15 is 0 Å². The van der Waals surface area contributed by atoms with Crippen molar-refractivity contribution in [3.63, 3.8) is 0 Å². The van der Waals surface area contributed by atoms with Gasteiger partial charge >= 0.3 is 5.97 Å². The molecule has 1 amide bonds. The number of esters is 1. The third kappa shape index (κ3) is 12.9. The van der Waals surface area contributed by atoms with Crippen molar-refractivity contribution in [2.45, 2.75) is 84.3 Å². The first-order valence-electron chi connectivity index (χ1n) is 12.0. The molecule has 176 valence electrons. The van der Waals surface area contributed by atoms with Crippen LogP contribution in [0.5, 0.6) is 0 Å². The zero-order valence-corrected chi connectivity index (χ0v) is 20.0. The molecule has 3 atom stereocenters. The Morgan fingerprint density at radius 2 is 1.22 bits per heavy atom. The number of amides is 1. The van der Waals surface area contributed by atoms with E-state index in [1.807, 2.05) is 19.9 Å². The molecule has 0 aliphatic carbocycles. The molecule has 0 bridgehead atoms. The molecule has 1 aliphatic rings. The fourth-order valence-corrected chi connectivity index (χ4v) is 3.14. The monoisotopic (exact) mass is 439 g/mol. The van der Waals surface area contributed by atoms with Gasteiger partial charge in [0, 0.05) is 12.3 Å². The molecule has 4 nitrogen and oxygen atoms in total. The number of carbonyl (C=O) groups excluding carboxylic acids is 2. The van der Waals surface area contributed by atoms with Crippen molar-refractivity contribution in [1.29, 1.82) is 0 Å². The van der Waals surface area contributed by atoms with Gasteiger partial charge in [0.15, 0.2) is 0 Å². The summed E-state index contributed by atoms with van der Waals surface area (Å²) in [5.41, 5.74) is 0. The third-order valence-corrected chi connectivity index (χ3v) is 5.27. The molecule has 1 aliphatic heterocycles. The largest absolute Gasteiger partial charge is 0.461 e. The minimum Gasteiger partial charge on any atom is -0.461 e. The second kappa shape index (κ2) is 18.0. The van der Waals surface area contributed by atoms with Crippen LogP contribution in [-0.2, 0) is 14.3 Å². The maximum atomic E-state index is 12.0. The van der Waals surface area contributed by atoms with Gasteiger partial charge in [0.1, 0.15) is 12.1 Å². The van der Waals surface area contributed by atoms with Crippen molar-refractivity contribution in [2.75, 3.05) is 0 Å². The summed E-state index contributed by atoms with van der Waals surface area (Å²) in [5, 5.41) is 2.79. The van der Waals surface area contributed by atoms with Gasteiger partial charge in [-0.15, -0.1) is 0 Å². The lowest BCUT2D eigenvalue weighted by atomic mass is 10.00. The highest BCUT2D eigenvalue weighted by Gasteiger charge is 2.39. The van der Waals surface area contributed by atoms with Gasteiger partial charge in [0.2, 0.25) is 5.91 Å². The lowest BCUT2D eigenvalue weighted by molar-refractivity contribution is -0.143. The normalized spacial score (nSPS) is 22.0. The van der Waals surface area contributed by atoms with Gasteiger partial charge in [0.05, 0.1) is 0 Å². The fraction of sp³-hybridized carbons (Fsp3) is 0.500. The summed E-state index contributed by atoms with van der Waals surface area (Å²) >= 11 is 0. The molecule has 0 spiro atoms. The van der Waals surface area contributed by atoms with Crippen LogP contribution in [0.4, 0.5) is 0 Å². The molecule has 0 radical (unpaired) electrons. The zero-order chi connectivity index (χ0) is 23.4. The lowest BCUT2D eigenvalue weighted by Gasteiger charge is -2.14. The molecule has 0 aromatic heterocycles. The highest BCUT2D eigenvalue weighted by Crippen LogP contribution is 2.21. The average Bonchev–Trinajstić information content (AvgIpc) is 3.01. The van der Waals surface area contributed by atoms with E-state index in [1.54, 1.807) is 0 Å². The van der Waals surface area contributed by atoms with Crippen molar-refractivity contribution in [1.82, 2.24) is 5.32 Å². The number of rotatable bonds is 15. The van der Waals surface area contributed by atoms with Crippen LogP contribution in [0.2, 0.25) is 0 Å².